The number of benzene rings is 1. The molecule has 0 spiro atoms. The van der Waals surface area contributed by atoms with Gasteiger partial charge in [-0.05, 0) is 51.3 Å². The van der Waals surface area contributed by atoms with E-state index < -0.39 is 17.7 Å². The average molecular weight is 374 g/mol. The van der Waals surface area contributed by atoms with Crippen molar-refractivity contribution >= 4 is 18.0 Å². The summed E-state index contributed by atoms with van der Waals surface area (Å²) >= 11 is 0. The van der Waals surface area contributed by atoms with E-state index in [-0.39, 0.29) is 23.4 Å². The molecule has 0 unspecified atom stereocenters. The van der Waals surface area contributed by atoms with Crippen LogP contribution in [-0.4, -0.2) is 58.1 Å². The first-order valence-corrected chi connectivity index (χ1v) is 9.27. The van der Waals surface area contributed by atoms with Gasteiger partial charge in [0.15, 0.2) is 0 Å². The lowest BCUT2D eigenvalue weighted by atomic mass is 10.0. The smallest absolute Gasteiger partial charge is 0.410 e. The van der Waals surface area contributed by atoms with Crippen molar-refractivity contribution in [2.24, 2.45) is 5.92 Å². The third kappa shape index (κ3) is 4.59. The second-order valence-corrected chi connectivity index (χ2v) is 8.18. The first-order chi connectivity index (χ1) is 12.7. The fourth-order valence-electron chi connectivity index (χ4n) is 3.24. The minimum atomic E-state index is -1.00. The number of piperazine rings is 1. The van der Waals surface area contributed by atoms with Crippen LogP contribution in [0.15, 0.2) is 24.3 Å². The van der Waals surface area contributed by atoms with Crippen LogP contribution in [0.5, 0.6) is 0 Å². The summed E-state index contributed by atoms with van der Waals surface area (Å²) in [6.07, 6.45) is 1.44. The summed E-state index contributed by atoms with van der Waals surface area (Å²) < 4.78 is 5.54. The molecule has 2 aliphatic rings. The molecule has 1 aliphatic heterocycles. The maximum Gasteiger partial charge on any atom is 0.410 e. The topological polar surface area (TPSA) is 87.2 Å². The lowest BCUT2D eigenvalue weighted by Crippen LogP contribution is -2.53. The highest BCUT2D eigenvalue weighted by Crippen LogP contribution is 2.34. The van der Waals surface area contributed by atoms with Gasteiger partial charge < -0.3 is 14.7 Å². The number of hydrogen-bond acceptors (Lipinski definition) is 4. The molecule has 1 aromatic rings. The predicted molar refractivity (Wildman–Crippen MR) is 98.4 cm³/mol. The Labute approximate surface area is 158 Å². The zero-order valence-corrected chi connectivity index (χ0v) is 16.0. The fourth-order valence-corrected chi connectivity index (χ4v) is 3.24. The molecule has 0 bridgehead atoms. The van der Waals surface area contributed by atoms with Crippen molar-refractivity contribution in [1.29, 1.82) is 0 Å². The number of amides is 2. The number of aromatic carboxylic acids is 1. The number of nitrogens with zero attached hydrogens (tertiary/aromatic N) is 2. The molecule has 146 valence electrons. The second-order valence-electron chi connectivity index (χ2n) is 8.18. The molecule has 1 atom stereocenters. The molecular formula is C20H26N2O5. The Morgan fingerprint density at radius 1 is 1.07 bits per heavy atom. The van der Waals surface area contributed by atoms with Crippen molar-refractivity contribution in [2.45, 2.75) is 45.3 Å². The molecular weight excluding hydrogens is 348 g/mol. The highest BCUT2D eigenvalue weighted by molar-refractivity contribution is 5.87. The highest BCUT2D eigenvalue weighted by Gasteiger charge is 2.40. The monoisotopic (exact) mass is 374 g/mol. The Morgan fingerprint density at radius 2 is 1.70 bits per heavy atom. The number of carboxylic acid groups (broad SMARTS) is 1. The first kappa shape index (κ1) is 19.2. The molecule has 1 heterocycles. The fraction of sp³-hybridized carbons (Fsp3) is 0.550. The number of rotatable bonds is 3. The van der Waals surface area contributed by atoms with Crippen LogP contribution in [0.4, 0.5) is 4.79 Å². The van der Waals surface area contributed by atoms with E-state index in [0.29, 0.717) is 19.6 Å². The van der Waals surface area contributed by atoms with Crippen LogP contribution >= 0.6 is 0 Å². The maximum atomic E-state index is 12.7. The van der Waals surface area contributed by atoms with E-state index in [2.05, 4.69) is 0 Å². The van der Waals surface area contributed by atoms with E-state index in [1.165, 1.54) is 12.1 Å². The third-order valence-electron chi connectivity index (χ3n) is 4.79. The van der Waals surface area contributed by atoms with Gasteiger partial charge in [0.05, 0.1) is 11.6 Å². The van der Waals surface area contributed by atoms with Crippen molar-refractivity contribution in [1.82, 2.24) is 9.80 Å². The van der Waals surface area contributed by atoms with E-state index in [0.717, 1.165) is 18.4 Å². The molecule has 0 aromatic heterocycles. The Bertz CT molecular complexity index is 734. The van der Waals surface area contributed by atoms with Gasteiger partial charge in [0.25, 0.3) is 0 Å². The number of carbonyl (C=O) groups excluding carboxylic acids is 2. The van der Waals surface area contributed by atoms with E-state index in [9.17, 15) is 14.4 Å². The number of carbonyl (C=O) groups is 3. The molecule has 7 heteroatoms. The summed E-state index contributed by atoms with van der Waals surface area (Å²) in [6, 6.07) is 6.09. The maximum absolute atomic E-state index is 12.7. The van der Waals surface area contributed by atoms with Crippen LogP contribution in [0.3, 0.4) is 0 Å². The van der Waals surface area contributed by atoms with E-state index in [1.54, 1.807) is 17.0 Å². The molecule has 1 aliphatic carbocycles. The van der Waals surface area contributed by atoms with Crippen molar-refractivity contribution in [3.63, 3.8) is 0 Å². The van der Waals surface area contributed by atoms with Gasteiger partial charge >= 0.3 is 12.1 Å². The van der Waals surface area contributed by atoms with E-state index >= 15 is 0 Å². The van der Waals surface area contributed by atoms with Crippen LogP contribution in [0.1, 0.15) is 55.6 Å². The molecule has 2 fully saturated rings. The lowest BCUT2D eigenvalue weighted by molar-refractivity contribution is -0.135. The Balaban J connectivity index is 1.84. The van der Waals surface area contributed by atoms with Crippen LogP contribution in [0, 0.1) is 5.92 Å². The van der Waals surface area contributed by atoms with Crippen LogP contribution < -0.4 is 0 Å². The summed E-state index contributed by atoms with van der Waals surface area (Å²) in [5.41, 5.74) is 0.360. The van der Waals surface area contributed by atoms with Crippen molar-refractivity contribution in [2.75, 3.05) is 19.6 Å². The molecule has 1 N–H and O–H groups in total. The summed E-state index contributed by atoms with van der Waals surface area (Å²) in [5.74, 6) is -0.737. The van der Waals surface area contributed by atoms with Crippen LogP contribution in [0.25, 0.3) is 0 Å². The summed E-state index contributed by atoms with van der Waals surface area (Å²) in [5, 5.41) is 9.10. The zero-order valence-electron chi connectivity index (χ0n) is 16.0. The van der Waals surface area contributed by atoms with Crippen molar-refractivity contribution in [3.05, 3.63) is 35.4 Å². The molecule has 1 saturated heterocycles. The van der Waals surface area contributed by atoms with Gasteiger partial charge in [-0.15, -0.1) is 0 Å². The van der Waals surface area contributed by atoms with Crippen LogP contribution in [-0.2, 0) is 9.53 Å². The predicted octanol–water partition coefficient (Wildman–Crippen LogP) is 2.92. The van der Waals surface area contributed by atoms with Gasteiger partial charge in [0.2, 0.25) is 5.91 Å². The molecule has 27 heavy (non-hydrogen) atoms. The van der Waals surface area contributed by atoms with Crippen LogP contribution in [0.2, 0.25) is 0 Å². The van der Waals surface area contributed by atoms with Gasteiger partial charge in [0.1, 0.15) is 5.60 Å². The van der Waals surface area contributed by atoms with E-state index in [4.69, 9.17) is 9.84 Å². The number of hydrogen-bond donors (Lipinski definition) is 1. The normalized spacial score (nSPS) is 20.3. The molecule has 3 rings (SSSR count). The second kappa shape index (κ2) is 7.21. The van der Waals surface area contributed by atoms with Gasteiger partial charge in [-0.1, -0.05) is 12.1 Å². The third-order valence-corrected chi connectivity index (χ3v) is 4.79. The summed E-state index contributed by atoms with van der Waals surface area (Å²) in [7, 11) is 0. The lowest BCUT2D eigenvalue weighted by Gasteiger charge is -2.42. The quantitative estimate of drug-likeness (QED) is 0.879. The zero-order chi connectivity index (χ0) is 19.8. The Morgan fingerprint density at radius 3 is 2.22 bits per heavy atom. The van der Waals surface area contributed by atoms with Gasteiger partial charge in [-0.2, -0.15) is 0 Å². The summed E-state index contributed by atoms with van der Waals surface area (Å²) in [6.45, 7) is 6.70. The number of carboxylic acids is 1. The molecule has 1 saturated carbocycles. The SMILES string of the molecule is CC(C)(C)OC(=O)N1CCN(C(=O)C2CC2)C[C@@H]1c1ccc(C(=O)O)cc1. The van der Waals surface area contributed by atoms with E-state index in [1.807, 2.05) is 25.7 Å². The van der Waals surface area contributed by atoms with Crippen molar-refractivity contribution < 1.29 is 24.2 Å². The molecule has 0 radical (unpaired) electrons. The Kier molecular flexibility index (Phi) is 5.13. The van der Waals surface area contributed by atoms with Gasteiger partial charge in [0, 0.05) is 25.6 Å². The van der Waals surface area contributed by atoms with Gasteiger partial charge in [-0.3, -0.25) is 9.69 Å². The summed E-state index contributed by atoms with van der Waals surface area (Å²) in [4.78, 5) is 39.8. The molecule has 1 aromatic carbocycles. The minimum absolute atomic E-state index is 0.119. The Hall–Kier alpha value is -2.57. The van der Waals surface area contributed by atoms with Crippen molar-refractivity contribution in [3.8, 4) is 0 Å². The highest BCUT2D eigenvalue weighted by atomic mass is 16.6. The average Bonchev–Trinajstić information content (AvgIpc) is 3.44. The molecule has 2 amide bonds. The first-order valence-electron chi connectivity index (χ1n) is 9.27. The number of ether oxygens (including phenoxy) is 1. The molecule has 7 nitrogen and oxygen atoms in total. The largest absolute Gasteiger partial charge is 0.478 e. The minimum Gasteiger partial charge on any atom is -0.478 e. The standard InChI is InChI=1S/C20H26N2O5/c1-20(2,3)27-19(26)22-11-10-21(17(23)14-6-7-14)12-16(22)13-4-8-15(9-5-13)18(24)25/h4-5,8-9,14,16H,6-7,10-12H2,1-3H3,(H,24,25)/t16-/m1/s1. The van der Waals surface area contributed by atoms with Gasteiger partial charge in [-0.25, -0.2) is 9.59 Å².